The fourth-order valence-electron chi connectivity index (χ4n) is 3.22. The molecule has 1 saturated heterocycles. The van der Waals surface area contributed by atoms with E-state index < -0.39 is 0 Å². The number of amides is 3. The third-order valence-corrected chi connectivity index (χ3v) is 4.61. The molecule has 0 aliphatic carbocycles. The first-order valence-electron chi connectivity index (χ1n) is 9.31. The highest BCUT2D eigenvalue weighted by molar-refractivity contribution is 5.95. The standard InChI is InChI=1S/C20H29N3O3/c1-15(2)22(16(3)24)13-5-11-21-19(25)14-17-7-9-18(10-8-17)23-12-4-6-20(23)26/h7-10,15H,4-6,11-14H2,1-3H3,(H,21,25). The van der Waals surface area contributed by atoms with Crippen LogP contribution in [0.2, 0.25) is 0 Å². The molecule has 1 fully saturated rings. The maximum Gasteiger partial charge on any atom is 0.227 e. The summed E-state index contributed by atoms with van der Waals surface area (Å²) in [6.07, 6.45) is 2.57. The minimum atomic E-state index is -0.0334. The number of nitrogens with zero attached hydrogens (tertiary/aromatic N) is 2. The van der Waals surface area contributed by atoms with E-state index >= 15 is 0 Å². The van der Waals surface area contributed by atoms with E-state index in [0.29, 0.717) is 25.9 Å². The van der Waals surface area contributed by atoms with Crippen molar-refractivity contribution in [3.8, 4) is 0 Å². The summed E-state index contributed by atoms with van der Waals surface area (Å²) in [4.78, 5) is 38.9. The van der Waals surface area contributed by atoms with Crippen LogP contribution >= 0.6 is 0 Å². The molecule has 142 valence electrons. The molecule has 1 heterocycles. The number of hydrogen-bond acceptors (Lipinski definition) is 3. The number of carbonyl (C=O) groups is 3. The average molecular weight is 359 g/mol. The van der Waals surface area contributed by atoms with Gasteiger partial charge >= 0.3 is 0 Å². The van der Waals surface area contributed by atoms with Gasteiger partial charge in [-0.15, -0.1) is 0 Å². The van der Waals surface area contributed by atoms with Gasteiger partial charge in [-0.05, 0) is 44.4 Å². The predicted octanol–water partition coefficient (Wildman–Crippen LogP) is 2.12. The lowest BCUT2D eigenvalue weighted by atomic mass is 10.1. The zero-order valence-electron chi connectivity index (χ0n) is 16.0. The highest BCUT2D eigenvalue weighted by Gasteiger charge is 2.21. The Balaban J connectivity index is 1.74. The van der Waals surface area contributed by atoms with Gasteiger partial charge in [0.15, 0.2) is 0 Å². The summed E-state index contributed by atoms with van der Waals surface area (Å²) in [5.74, 6) is 0.188. The second-order valence-corrected chi connectivity index (χ2v) is 7.00. The highest BCUT2D eigenvalue weighted by Crippen LogP contribution is 2.21. The number of benzene rings is 1. The molecule has 0 bridgehead atoms. The quantitative estimate of drug-likeness (QED) is 0.723. The second-order valence-electron chi connectivity index (χ2n) is 7.00. The van der Waals surface area contributed by atoms with Crippen LogP contribution in [-0.2, 0) is 20.8 Å². The summed E-state index contributed by atoms with van der Waals surface area (Å²) in [5.41, 5.74) is 1.82. The topological polar surface area (TPSA) is 69.7 Å². The minimum Gasteiger partial charge on any atom is -0.356 e. The van der Waals surface area contributed by atoms with Crippen LogP contribution in [0.5, 0.6) is 0 Å². The highest BCUT2D eigenvalue weighted by atomic mass is 16.2. The van der Waals surface area contributed by atoms with E-state index in [9.17, 15) is 14.4 Å². The first kappa shape index (κ1) is 19.9. The van der Waals surface area contributed by atoms with Crippen molar-refractivity contribution in [2.75, 3.05) is 24.5 Å². The van der Waals surface area contributed by atoms with Gasteiger partial charge in [-0.25, -0.2) is 0 Å². The summed E-state index contributed by atoms with van der Waals surface area (Å²) >= 11 is 0. The van der Waals surface area contributed by atoms with Crippen LogP contribution in [0.4, 0.5) is 5.69 Å². The van der Waals surface area contributed by atoms with Crippen LogP contribution in [0.1, 0.15) is 45.6 Å². The van der Waals surface area contributed by atoms with Crippen molar-refractivity contribution in [1.29, 1.82) is 0 Å². The molecule has 1 aliphatic heterocycles. The van der Waals surface area contributed by atoms with Crippen molar-refractivity contribution >= 4 is 23.4 Å². The first-order valence-corrected chi connectivity index (χ1v) is 9.31. The van der Waals surface area contributed by atoms with Gasteiger partial charge < -0.3 is 15.1 Å². The summed E-state index contributed by atoms with van der Waals surface area (Å²) in [6.45, 7) is 7.50. The molecule has 0 atom stereocenters. The molecule has 3 amide bonds. The molecular weight excluding hydrogens is 330 g/mol. The molecular formula is C20H29N3O3. The third-order valence-electron chi connectivity index (χ3n) is 4.61. The fraction of sp³-hybridized carbons (Fsp3) is 0.550. The summed E-state index contributed by atoms with van der Waals surface area (Å²) in [5, 5.41) is 2.90. The Morgan fingerprint density at radius 2 is 1.92 bits per heavy atom. The monoisotopic (exact) mass is 359 g/mol. The van der Waals surface area contributed by atoms with Crippen LogP contribution in [0.25, 0.3) is 0 Å². The number of hydrogen-bond donors (Lipinski definition) is 1. The van der Waals surface area contributed by atoms with E-state index in [2.05, 4.69) is 5.32 Å². The van der Waals surface area contributed by atoms with Crippen LogP contribution in [-0.4, -0.2) is 48.3 Å². The van der Waals surface area contributed by atoms with E-state index in [1.807, 2.05) is 38.1 Å². The molecule has 2 rings (SSSR count). The Hall–Kier alpha value is -2.37. The molecule has 6 heteroatoms. The molecule has 6 nitrogen and oxygen atoms in total. The summed E-state index contributed by atoms with van der Waals surface area (Å²) in [7, 11) is 0. The van der Waals surface area contributed by atoms with Gasteiger partial charge in [0.1, 0.15) is 0 Å². The fourth-order valence-corrected chi connectivity index (χ4v) is 3.22. The Morgan fingerprint density at radius 3 is 2.46 bits per heavy atom. The smallest absolute Gasteiger partial charge is 0.227 e. The normalized spacial score (nSPS) is 14.0. The summed E-state index contributed by atoms with van der Waals surface area (Å²) < 4.78 is 0. The molecule has 26 heavy (non-hydrogen) atoms. The van der Waals surface area contributed by atoms with Gasteiger partial charge in [0.05, 0.1) is 6.42 Å². The van der Waals surface area contributed by atoms with Gasteiger partial charge in [0.2, 0.25) is 17.7 Å². The van der Waals surface area contributed by atoms with Gasteiger partial charge in [-0.3, -0.25) is 14.4 Å². The molecule has 1 aromatic rings. The van der Waals surface area contributed by atoms with Crippen molar-refractivity contribution in [1.82, 2.24) is 10.2 Å². The van der Waals surface area contributed by atoms with Crippen molar-refractivity contribution in [3.63, 3.8) is 0 Å². The van der Waals surface area contributed by atoms with E-state index in [-0.39, 0.29) is 23.8 Å². The SMILES string of the molecule is CC(=O)N(CCCNC(=O)Cc1ccc(N2CCCC2=O)cc1)C(C)C. The lowest BCUT2D eigenvalue weighted by Gasteiger charge is -2.25. The van der Waals surface area contributed by atoms with E-state index in [1.54, 1.807) is 16.7 Å². The van der Waals surface area contributed by atoms with Gasteiger partial charge in [0.25, 0.3) is 0 Å². The third kappa shape index (κ3) is 5.58. The molecule has 0 radical (unpaired) electrons. The largest absolute Gasteiger partial charge is 0.356 e. The first-order chi connectivity index (χ1) is 12.4. The number of rotatable bonds is 8. The minimum absolute atomic E-state index is 0.0334. The molecule has 1 N–H and O–H groups in total. The maximum atomic E-state index is 12.1. The van der Waals surface area contributed by atoms with Crippen molar-refractivity contribution in [3.05, 3.63) is 29.8 Å². The Kier molecular flexibility index (Phi) is 7.18. The maximum absolute atomic E-state index is 12.1. The summed E-state index contributed by atoms with van der Waals surface area (Å²) in [6, 6.07) is 7.77. The molecule has 1 aromatic carbocycles. The van der Waals surface area contributed by atoms with Gasteiger partial charge in [0, 0.05) is 44.7 Å². The van der Waals surface area contributed by atoms with Gasteiger partial charge in [-0.2, -0.15) is 0 Å². The molecule has 0 saturated carbocycles. The molecule has 1 aliphatic rings. The second kappa shape index (κ2) is 9.36. The van der Waals surface area contributed by atoms with Gasteiger partial charge in [-0.1, -0.05) is 12.1 Å². The van der Waals surface area contributed by atoms with Crippen molar-refractivity contribution < 1.29 is 14.4 Å². The Bertz CT molecular complexity index is 640. The number of carbonyl (C=O) groups excluding carboxylic acids is 3. The predicted molar refractivity (Wildman–Crippen MR) is 102 cm³/mol. The zero-order valence-corrected chi connectivity index (χ0v) is 16.0. The Labute approximate surface area is 155 Å². The Morgan fingerprint density at radius 1 is 1.23 bits per heavy atom. The van der Waals surface area contributed by atoms with E-state index in [1.165, 1.54) is 0 Å². The van der Waals surface area contributed by atoms with Crippen LogP contribution in [0, 0.1) is 0 Å². The van der Waals surface area contributed by atoms with Crippen molar-refractivity contribution in [2.45, 2.75) is 52.5 Å². The lowest BCUT2D eigenvalue weighted by Crippen LogP contribution is -2.37. The number of nitrogens with one attached hydrogen (secondary N) is 1. The van der Waals surface area contributed by atoms with Crippen LogP contribution in [0.3, 0.4) is 0 Å². The zero-order chi connectivity index (χ0) is 19.1. The van der Waals surface area contributed by atoms with Crippen molar-refractivity contribution in [2.24, 2.45) is 0 Å². The van der Waals surface area contributed by atoms with Crippen LogP contribution < -0.4 is 10.2 Å². The van der Waals surface area contributed by atoms with E-state index in [4.69, 9.17) is 0 Å². The van der Waals surface area contributed by atoms with Crippen LogP contribution in [0.15, 0.2) is 24.3 Å². The molecule has 0 unspecified atom stereocenters. The lowest BCUT2D eigenvalue weighted by molar-refractivity contribution is -0.130. The molecule has 0 aromatic heterocycles. The van der Waals surface area contributed by atoms with E-state index in [0.717, 1.165) is 30.6 Å². The number of anilines is 1. The molecule has 0 spiro atoms. The average Bonchev–Trinajstić information content (AvgIpc) is 3.00.